The summed E-state index contributed by atoms with van der Waals surface area (Å²) in [7, 11) is 1.67. The second kappa shape index (κ2) is 7.70. The molecule has 6 nitrogen and oxygen atoms in total. The minimum absolute atomic E-state index is 0.0812. The standard InChI is InChI=1S/C19H27N5O/c1-15-5-4-6-16(2)18(15)24-13-11-23(12-14-24)10-9-20-17-7-8-21-22(3)19(17)25/h4-8,20H,9-14H2,1-3H3. The molecule has 0 saturated carbocycles. The quantitative estimate of drug-likeness (QED) is 0.896. The minimum Gasteiger partial charge on any atom is -0.379 e. The molecule has 0 aliphatic carbocycles. The van der Waals surface area contributed by atoms with Crippen LogP contribution in [-0.2, 0) is 7.05 Å². The smallest absolute Gasteiger partial charge is 0.289 e. The zero-order valence-corrected chi connectivity index (χ0v) is 15.3. The Morgan fingerprint density at radius 2 is 1.76 bits per heavy atom. The van der Waals surface area contributed by atoms with Gasteiger partial charge in [-0.25, -0.2) is 4.68 Å². The van der Waals surface area contributed by atoms with Crippen LogP contribution in [0.4, 0.5) is 11.4 Å². The molecule has 6 heteroatoms. The van der Waals surface area contributed by atoms with Crippen LogP contribution in [0.2, 0.25) is 0 Å². The van der Waals surface area contributed by atoms with Gasteiger partial charge in [-0.15, -0.1) is 0 Å². The predicted octanol–water partition coefficient (Wildman–Crippen LogP) is 1.63. The fourth-order valence-electron chi connectivity index (χ4n) is 3.49. The summed E-state index contributed by atoms with van der Waals surface area (Å²) >= 11 is 0. The Hall–Kier alpha value is -2.34. The van der Waals surface area contributed by atoms with Gasteiger partial charge in [0.1, 0.15) is 5.69 Å². The molecule has 134 valence electrons. The van der Waals surface area contributed by atoms with Crippen molar-refractivity contribution in [2.45, 2.75) is 13.8 Å². The summed E-state index contributed by atoms with van der Waals surface area (Å²) in [5, 5.41) is 7.17. The molecule has 0 bridgehead atoms. The van der Waals surface area contributed by atoms with Crippen LogP contribution in [0.25, 0.3) is 0 Å². The van der Waals surface area contributed by atoms with E-state index in [-0.39, 0.29) is 5.56 Å². The van der Waals surface area contributed by atoms with Crippen molar-refractivity contribution in [1.29, 1.82) is 0 Å². The third-order valence-electron chi connectivity index (χ3n) is 4.88. The fraction of sp³-hybridized carbons (Fsp3) is 0.474. The normalized spacial score (nSPS) is 15.4. The Balaban J connectivity index is 1.50. The molecule has 1 N–H and O–H groups in total. The van der Waals surface area contributed by atoms with E-state index in [9.17, 15) is 4.79 Å². The maximum absolute atomic E-state index is 11.9. The number of piperazine rings is 1. The summed E-state index contributed by atoms with van der Waals surface area (Å²) in [4.78, 5) is 16.9. The number of hydrogen-bond donors (Lipinski definition) is 1. The Kier molecular flexibility index (Phi) is 5.38. The summed E-state index contributed by atoms with van der Waals surface area (Å²) in [6, 6.07) is 8.24. The van der Waals surface area contributed by atoms with Crippen molar-refractivity contribution in [3.8, 4) is 0 Å². The number of rotatable bonds is 5. The maximum atomic E-state index is 11.9. The summed E-state index contributed by atoms with van der Waals surface area (Å²) < 4.78 is 1.35. The first-order chi connectivity index (χ1) is 12.1. The highest BCUT2D eigenvalue weighted by Gasteiger charge is 2.19. The molecule has 2 aromatic rings. The average Bonchev–Trinajstić information content (AvgIpc) is 2.60. The topological polar surface area (TPSA) is 53.4 Å². The molecule has 1 fully saturated rings. The van der Waals surface area contributed by atoms with Crippen LogP contribution in [0, 0.1) is 13.8 Å². The van der Waals surface area contributed by atoms with Crippen molar-refractivity contribution >= 4 is 11.4 Å². The van der Waals surface area contributed by atoms with E-state index >= 15 is 0 Å². The molecule has 25 heavy (non-hydrogen) atoms. The minimum atomic E-state index is -0.0812. The van der Waals surface area contributed by atoms with Gasteiger partial charge in [-0.1, -0.05) is 18.2 Å². The fourth-order valence-corrected chi connectivity index (χ4v) is 3.49. The third kappa shape index (κ3) is 4.02. The van der Waals surface area contributed by atoms with E-state index in [2.05, 4.69) is 52.3 Å². The van der Waals surface area contributed by atoms with Crippen molar-refractivity contribution in [2.24, 2.45) is 7.05 Å². The summed E-state index contributed by atoms with van der Waals surface area (Å²) in [6.07, 6.45) is 1.65. The largest absolute Gasteiger partial charge is 0.379 e. The van der Waals surface area contributed by atoms with Crippen LogP contribution in [0.1, 0.15) is 11.1 Å². The van der Waals surface area contributed by atoms with E-state index in [0.29, 0.717) is 5.69 Å². The van der Waals surface area contributed by atoms with E-state index in [0.717, 1.165) is 39.3 Å². The SMILES string of the molecule is Cc1cccc(C)c1N1CCN(CCNc2ccnn(C)c2=O)CC1. The number of nitrogens with one attached hydrogen (secondary N) is 1. The second-order valence-corrected chi connectivity index (χ2v) is 6.67. The summed E-state index contributed by atoms with van der Waals surface area (Å²) in [6.45, 7) is 10.3. The first-order valence-corrected chi connectivity index (χ1v) is 8.86. The Morgan fingerprint density at radius 1 is 1.08 bits per heavy atom. The second-order valence-electron chi connectivity index (χ2n) is 6.67. The molecule has 1 aliphatic heterocycles. The molecule has 0 unspecified atom stereocenters. The van der Waals surface area contributed by atoms with Crippen molar-refractivity contribution in [2.75, 3.05) is 49.5 Å². The van der Waals surface area contributed by atoms with Crippen molar-refractivity contribution in [3.63, 3.8) is 0 Å². The van der Waals surface area contributed by atoms with E-state index < -0.39 is 0 Å². The van der Waals surface area contributed by atoms with Crippen LogP contribution in [0.5, 0.6) is 0 Å². The van der Waals surface area contributed by atoms with Gasteiger partial charge in [0.25, 0.3) is 5.56 Å². The number of hydrogen-bond acceptors (Lipinski definition) is 5. The highest BCUT2D eigenvalue weighted by Crippen LogP contribution is 2.25. The lowest BCUT2D eigenvalue weighted by atomic mass is 10.1. The first kappa shape index (κ1) is 17.5. The van der Waals surface area contributed by atoms with Crippen molar-refractivity contribution in [1.82, 2.24) is 14.7 Å². The zero-order chi connectivity index (χ0) is 17.8. The molecule has 3 rings (SSSR count). The van der Waals surface area contributed by atoms with E-state index in [1.165, 1.54) is 21.5 Å². The van der Waals surface area contributed by atoms with Crippen molar-refractivity contribution in [3.05, 3.63) is 51.9 Å². The van der Waals surface area contributed by atoms with Gasteiger partial charge >= 0.3 is 0 Å². The first-order valence-electron chi connectivity index (χ1n) is 8.86. The molecule has 1 saturated heterocycles. The van der Waals surface area contributed by atoms with Crippen molar-refractivity contribution < 1.29 is 0 Å². The number of benzene rings is 1. The molecular weight excluding hydrogens is 314 g/mol. The van der Waals surface area contributed by atoms with Gasteiger partial charge in [-0.2, -0.15) is 5.10 Å². The molecule has 1 aliphatic rings. The van der Waals surface area contributed by atoms with Crippen LogP contribution in [0.3, 0.4) is 0 Å². The Labute approximate surface area is 149 Å². The molecular formula is C19H27N5O. The van der Waals surface area contributed by atoms with Gasteiger partial charge in [-0.05, 0) is 31.0 Å². The van der Waals surface area contributed by atoms with Gasteiger partial charge < -0.3 is 10.2 Å². The molecule has 2 heterocycles. The monoisotopic (exact) mass is 341 g/mol. The Morgan fingerprint density at radius 3 is 2.44 bits per heavy atom. The van der Waals surface area contributed by atoms with Crippen LogP contribution < -0.4 is 15.8 Å². The highest BCUT2D eigenvalue weighted by molar-refractivity contribution is 5.59. The molecule has 1 aromatic heterocycles. The van der Waals surface area contributed by atoms with Gasteiger partial charge in [0.15, 0.2) is 0 Å². The number of anilines is 2. The highest BCUT2D eigenvalue weighted by atomic mass is 16.1. The summed E-state index contributed by atoms with van der Waals surface area (Å²) in [5.74, 6) is 0. The van der Waals surface area contributed by atoms with E-state index in [1.54, 1.807) is 19.3 Å². The van der Waals surface area contributed by atoms with Crippen LogP contribution in [-0.4, -0.2) is 53.9 Å². The maximum Gasteiger partial charge on any atom is 0.289 e. The number of nitrogens with zero attached hydrogens (tertiary/aromatic N) is 4. The van der Waals surface area contributed by atoms with Gasteiger partial charge in [0.2, 0.25) is 0 Å². The molecule has 1 aromatic carbocycles. The molecule has 0 atom stereocenters. The van der Waals surface area contributed by atoms with E-state index in [1.807, 2.05) is 0 Å². The van der Waals surface area contributed by atoms with Gasteiger partial charge in [0.05, 0.1) is 0 Å². The zero-order valence-electron chi connectivity index (χ0n) is 15.3. The van der Waals surface area contributed by atoms with E-state index in [4.69, 9.17) is 0 Å². The van der Waals surface area contributed by atoms with Crippen LogP contribution >= 0.6 is 0 Å². The number of aryl methyl sites for hydroxylation is 3. The number of para-hydroxylation sites is 1. The predicted molar refractivity (Wildman–Crippen MR) is 103 cm³/mol. The van der Waals surface area contributed by atoms with Gasteiger partial charge in [0, 0.05) is 58.2 Å². The molecule has 0 amide bonds. The summed E-state index contributed by atoms with van der Waals surface area (Å²) in [5.41, 5.74) is 4.63. The lowest BCUT2D eigenvalue weighted by Gasteiger charge is -2.37. The third-order valence-corrected chi connectivity index (χ3v) is 4.88. The lowest BCUT2D eigenvalue weighted by molar-refractivity contribution is 0.267. The lowest BCUT2D eigenvalue weighted by Crippen LogP contribution is -2.48. The molecule has 0 spiro atoms. The Bertz CT molecular complexity index is 757. The van der Waals surface area contributed by atoms with Gasteiger partial charge in [-0.3, -0.25) is 9.69 Å². The molecule has 0 radical (unpaired) electrons. The average molecular weight is 341 g/mol. The van der Waals surface area contributed by atoms with Crippen LogP contribution in [0.15, 0.2) is 35.3 Å². The number of aromatic nitrogens is 2.